The fraction of sp³-hybridized carbons (Fsp3) is 0.526. The van der Waals surface area contributed by atoms with Crippen LogP contribution in [0.3, 0.4) is 0 Å². The monoisotopic (exact) mass is 356 g/mol. The predicted octanol–water partition coefficient (Wildman–Crippen LogP) is 2.71. The highest BCUT2D eigenvalue weighted by atomic mass is 16.3. The molecule has 3 unspecified atom stereocenters. The maximum atomic E-state index is 12.5. The Hall–Kier alpha value is -2.57. The van der Waals surface area contributed by atoms with Gasteiger partial charge in [0.25, 0.3) is 5.91 Å². The van der Waals surface area contributed by atoms with Crippen LogP contribution in [0.5, 0.6) is 0 Å². The average molecular weight is 356 g/mol. The first-order valence-electron chi connectivity index (χ1n) is 9.22. The summed E-state index contributed by atoms with van der Waals surface area (Å²) in [4.78, 5) is 25.0. The average Bonchev–Trinajstić information content (AvgIpc) is 3.38. The van der Waals surface area contributed by atoms with Crippen LogP contribution in [0, 0.1) is 17.8 Å². The summed E-state index contributed by atoms with van der Waals surface area (Å²) < 4.78 is 6.69. The number of nitrogens with zero attached hydrogens (tertiary/aromatic N) is 2. The van der Waals surface area contributed by atoms with E-state index in [9.17, 15) is 9.59 Å². The summed E-state index contributed by atoms with van der Waals surface area (Å²) in [7, 11) is 1.69. The van der Waals surface area contributed by atoms with E-state index in [1.54, 1.807) is 25.4 Å². The van der Waals surface area contributed by atoms with Gasteiger partial charge in [0.2, 0.25) is 5.91 Å². The van der Waals surface area contributed by atoms with Gasteiger partial charge in [-0.2, -0.15) is 5.10 Å². The fourth-order valence-corrected chi connectivity index (χ4v) is 4.53. The lowest BCUT2D eigenvalue weighted by Crippen LogP contribution is -2.27. The Morgan fingerprint density at radius 1 is 1.35 bits per heavy atom. The largest absolute Gasteiger partial charge is 0.467 e. The number of aryl methyl sites for hydroxylation is 1. The van der Waals surface area contributed by atoms with Crippen molar-refractivity contribution in [3.05, 3.63) is 36.0 Å². The molecule has 2 aromatic heterocycles. The van der Waals surface area contributed by atoms with Crippen LogP contribution in [0.2, 0.25) is 0 Å². The van der Waals surface area contributed by atoms with Crippen LogP contribution in [-0.4, -0.2) is 21.6 Å². The predicted molar refractivity (Wildman–Crippen MR) is 95.3 cm³/mol. The summed E-state index contributed by atoms with van der Waals surface area (Å²) in [6.45, 7) is 0.287. The van der Waals surface area contributed by atoms with Crippen molar-refractivity contribution >= 4 is 17.5 Å². The van der Waals surface area contributed by atoms with Crippen molar-refractivity contribution in [3.63, 3.8) is 0 Å². The first kappa shape index (κ1) is 16.9. The number of carbonyl (C=O) groups excluding carboxylic acids is 2. The minimum absolute atomic E-state index is 0.0318. The standard InChI is InChI=1S/C19H24N4O3/c1-23-18(19(25)20-10-15-3-2-6-26-15)16(11-21-23)22-17(24)9-14-8-12-4-5-13(14)7-12/h2-3,6,11-14H,4-5,7-10H2,1H3,(H,20,25)(H,22,24). The molecule has 4 rings (SSSR count). The van der Waals surface area contributed by atoms with Crippen molar-refractivity contribution in [1.29, 1.82) is 0 Å². The van der Waals surface area contributed by atoms with Crippen molar-refractivity contribution in [2.75, 3.05) is 5.32 Å². The number of rotatable bonds is 6. The second-order valence-electron chi connectivity index (χ2n) is 7.48. The van der Waals surface area contributed by atoms with Gasteiger partial charge in [-0.1, -0.05) is 6.42 Å². The highest BCUT2D eigenvalue weighted by molar-refractivity contribution is 6.02. The van der Waals surface area contributed by atoms with E-state index < -0.39 is 0 Å². The summed E-state index contributed by atoms with van der Waals surface area (Å²) in [5.41, 5.74) is 0.801. The fourth-order valence-electron chi connectivity index (χ4n) is 4.53. The summed E-state index contributed by atoms with van der Waals surface area (Å²) in [6.07, 6.45) is 8.66. The third kappa shape index (κ3) is 3.38. The minimum atomic E-state index is -0.295. The smallest absolute Gasteiger partial charge is 0.272 e. The second-order valence-corrected chi connectivity index (χ2v) is 7.48. The zero-order valence-corrected chi connectivity index (χ0v) is 14.9. The van der Waals surface area contributed by atoms with E-state index in [2.05, 4.69) is 15.7 Å². The van der Waals surface area contributed by atoms with Crippen molar-refractivity contribution in [3.8, 4) is 0 Å². The Kier molecular flexibility index (Phi) is 4.53. The van der Waals surface area contributed by atoms with Gasteiger partial charge >= 0.3 is 0 Å². The number of hydrogen-bond acceptors (Lipinski definition) is 4. The minimum Gasteiger partial charge on any atom is -0.467 e. The number of amides is 2. The summed E-state index contributed by atoms with van der Waals surface area (Å²) in [5.74, 6) is 2.35. The molecular formula is C19H24N4O3. The molecule has 2 aliphatic rings. The molecule has 0 aliphatic heterocycles. The van der Waals surface area contributed by atoms with E-state index >= 15 is 0 Å². The third-order valence-electron chi connectivity index (χ3n) is 5.76. The number of carbonyl (C=O) groups is 2. The van der Waals surface area contributed by atoms with E-state index in [-0.39, 0.29) is 18.4 Å². The SMILES string of the molecule is Cn1ncc(NC(=O)CC2CC3CCC2C3)c1C(=O)NCc1ccco1. The van der Waals surface area contributed by atoms with E-state index in [0.717, 1.165) is 5.92 Å². The van der Waals surface area contributed by atoms with Gasteiger partial charge in [0, 0.05) is 13.5 Å². The first-order valence-corrected chi connectivity index (χ1v) is 9.22. The van der Waals surface area contributed by atoms with Gasteiger partial charge < -0.3 is 15.1 Å². The molecule has 2 heterocycles. The Morgan fingerprint density at radius 3 is 2.92 bits per heavy atom. The van der Waals surface area contributed by atoms with E-state index in [1.165, 1.54) is 36.6 Å². The molecule has 26 heavy (non-hydrogen) atoms. The number of anilines is 1. The summed E-state index contributed by atoms with van der Waals surface area (Å²) in [5, 5.41) is 9.80. The van der Waals surface area contributed by atoms with E-state index in [0.29, 0.717) is 35.4 Å². The Bertz CT molecular complexity index is 796. The molecule has 2 aromatic rings. The van der Waals surface area contributed by atoms with E-state index in [1.807, 2.05) is 0 Å². The van der Waals surface area contributed by atoms with Gasteiger partial charge in [-0.3, -0.25) is 14.3 Å². The van der Waals surface area contributed by atoms with Crippen molar-refractivity contribution in [1.82, 2.24) is 15.1 Å². The molecule has 2 N–H and O–H groups in total. The van der Waals surface area contributed by atoms with Crippen LogP contribution in [0.1, 0.15) is 48.4 Å². The van der Waals surface area contributed by atoms with Gasteiger partial charge in [0.15, 0.2) is 0 Å². The Balaban J connectivity index is 1.37. The molecule has 2 fully saturated rings. The molecule has 7 nitrogen and oxygen atoms in total. The first-order chi connectivity index (χ1) is 12.6. The van der Waals surface area contributed by atoms with Crippen LogP contribution >= 0.6 is 0 Å². The lowest BCUT2D eigenvalue weighted by molar-refractivity contribution is -0.117. The number of nitrogens with one attached hydrogen (secondary N) is 2. The molecule has 7 heteroatoms. The van der Waals surface area contributed by atoms with E-state index in [4.69, 9.17) is 4.42 Å². The van der Waals surface area contributed by atoms with Gasteiger partial charge in [0.1, 0.15) is 11.5 Å². The summed E-state index contributed by atoms with van der Waals surface area (Å²) in [6, 6.07) is 3.56. The molecule has 2 bridgehead atoms. The van der Waals surface area contributed by atoms with Crippen LogP contribution in [0.4, 0.5) is 5.69 Å². The zero-order chi connectivity index (χ0) is 18.1. The van der Waals surface area contributed by atoms with Gasteiger partial charge in [0.05, 0.1) is 24.7 Å². The number of furan rings is 1. The zero-order valence-electron chi connectivity index (χ0n) is 14.9. The Morgan fingerprint density at radius 2 is 2.23 bits per heavy atom. The quantitative estimate of drug-likeness (QED) is 0.833. The van der Waals surface area contributed by atoms with Crippen molar-refractivity contribution < 1.29 is 14.0 Å². The van der Waals surface area contributed by atoms with Crippen molar-refractivity contribution in [2.24, 2.45) is 24.8 Å². The van der Waals surface area contributed by atoms with Crippen LogP contribution in [0.25, 0.3) is 0 Å². The molecule has 3 atom stereocenters. The maximum Gasteiger partial charge on any atom is 0.272 e. The second kappa shape index (κ2) is 6.97. The molecule has 0 saturated heterocycles. The molecule has 0 radical (unpaired) electrons. The number of hydrogen-bond donors (Lipinski definition) is 2. The molecule has 0 spiro atoms. The molecule has 2 amide bonds. The third-order valence-corrected chi connectivity index (χ3v) is 5.76. The lowest BCUT2D eigenvalue weighted by Gasteiger charge is -2.20. The molecule has 138 valence electrons. The van der Waals surface area contributed by atoms with Crippen LogP contribution in [0.15, 0.2) is 29.0 Å². The van der Waals surface area contributed by atoms with Gasteiger partial charge in [-0.25, -0.2) is 0 Å². The van der Waals surface area contributed by atoms with Crippen LogP contribution < -0.4 is 10.6 Å². The number of fused-ring (bicyclic) bond motifs is 2. The topological polar surface area (TPSA) is 89.2 Å². The number of aromatic nitrogens is 2. The van der Waals surface area contributed by atoms with Crippen LogP contribution in [-0.2, 0) is 18.4 Å². The van der Waals surface area contributed by atoms with Gasteiger partial charge in [-0.05, 0) is 49.1 Å². The maximum absolute atomic E-state index is 12.5. The molecule has 2 aliphatic carbocycles. The molecule has 0 aromatic carbocycles. The molecular weight excluding hydrogens is 332 g/mol. The highest BCUT2D eigenvalue weighted by Crippen LogP contribution is 2.49. The molecule has 2 saturated carbocycles. The lowest BCUT2D eigenvalue weighted by atomic mass is 9.86. The highest BCUT2D eigenvalue weighted by Gasteiger charge is 2.40. The van der Waals surface area contributed by atoms with Gasteiger partial charge in [-0.15, -0.1) is 0 Å². The summed E-state index contributed by atoms with van der Waals surface area (Å²) >= 11 is 0. The Labute approximate surface area is 152 Å². The van der Waals surface area contributed by atoms with Crippen molar-refractivity contribution in [2.45, 2.75) is 38.6 Å². The normalized spacial score (nSPS) is 24.0.